The van der Waals surface area contributed by atoms with Gasteiger partial charge in [0, 0.05) is 0 Å². The molecule has 15 heavy (non-hydrogen) atoms. The minimum atomic E-state index is -1.44. The molecule has 0 atom stereocenters. The maximum absolute atomic E-state index is 12.1. The predicted molar refractivity (Wildman–Crippen MR) is 40.9 cm³/mol. The largest absolute Gasteiger partial charge is 0.393 e. The molecule has 0 radical (unpaired) electrons. The maximum Gasteiger partial charge on any atom is 0.320 e. The van der Waals surface area contributed by atoms with Gasteiger partial charge in [-0.3, -0.25) is 9.59 Å². The number of hydrogen-bond donors (Lipinski definition) is 0. The molecule has 0 aliphatic carbocycles. The third-order valence-electron chi connectivity index (χ3n) is 1.09. The van der Waals surface area contributed by atoms with Gasteiger partial charge in [0.1, 0.15) is 37.2 Å². The number of rotatable bonds is 4. The van der Waals surface area contributed by atoms with Crippen LogP contribution >= 0.6 is 0 Å². The van der Waals surface area contributed by atoms with Crippen LogP contribution in [0.3, 0.4) is 0 Å². The number of halogens is 4. The van der Waals surface area contributed by atoms with Crippen LogP contribution in [0, 0.1) is 0 Å². The topological polar surface area (TPSA) is 43.4 Å². The summed E-state index contributed by atoms with van der Waals surface area (Å²) in [5.41, 5.74) is 0. The minimum Gasteiger partial charge on any atom is -0.393 e. The van der Waals surface area contributed by atoms with Crippen LogP contribution in [-0.2, 0) is 14.3 Å². The first-order valence-corrected chi connectivity index (χ1v) is 3.62. The van der Waals surface area contributed by atoms with Gasteiger partial charge in [0.2, 0.25) is 0 Å². The zero-order valence-electron chi connectivity index (χ0n) is 7.31. The van der Waals surface area contributed by atoms with E-state index < -0.39 is 49.1 Å². The summed E-state index contributed by atoms with van der Waals surface area (Å²) in [5, 5.41) is 0. The normalized spacial score (nSPS) is 12.5. The van der Waals surface area contributed by atoms with Gasteiger partial charge in [0.25, 0.3) is 0 Å². The van der Waals surface area contributed by atoms with Crippen molar-refractivity contribution in [3.8, 4) is 0 Å². The molecular weight excluding hydrogens is 220 g/mol. The lowest BCUT2D eigenvalue weighted by atomic mass is 10.4. The number of carbonyl (C=O) groups is 2. The molecule has 0 unspecified atom stereocenters. The first-order valence-electron chi connectivity index (χ1n) is 3.62. The SMILES string of the molecule is O=C(CC(F)=CF)OC(=O)CC(F)=CF. The van der Waals surface area contributed by atoms with Gasteiger partial charge in [-0.2, -0.15) is 0 Å². The molecule has 0 saturated carbocycles. The van der Waals surface area contributed by atoms with Gasteiger partial charge in [-0.05, 0) is 0 Å². The van der Waals surface area contributed by atoms with Gasteiger partial charge < -0.3 is 4.74 Å². The van der Waals surface area contributed by atoms with Crippen molar-refractivity contribution in [3.63, 3.8) is 0 Å². The first kappa shape index (κ1) is 13.3. The summed E-state index contributed by atoms with van der Waals surface area (Å²) in [5.74, 6) is -5.65. The van der Waals surface area contributed by atoms with E-state index in [4.69, 9.17) is 0 Å². The maximum atomic E-state index is 12.1. The fraction of sp³-hybridized carbons (Fsp3) is 0.250. The highest BCUT2D eigenvalue weighted by molar-refractivity contribution is 5.87. The van der Waals surface area contributed by atoms with Gasteiger partial charge in [-0.15, -0.1) is 0 Å². The Labute approximate surface area is 82.0 Å². The van der Waals surface area contributed by atoms with E-state index in [1.165, 1.54) is 0 Å². The average Bonchev–Trinajstić information content (AvgIpc) is 2.16. The second kappa shape index (κ2) is 6.74. The van der Waals surface area contributed by atoms with E-state index in [1.54, 1.807) is 0 Å². The molecule has 84 valence electrons. The zero-order valence-corrected chi connectivity index (χ0v) is 7.31. The number of esters is 2. The van der Waals surface area contributed by atoms with Crippen molar-refractivity contribution >= 4 is 11.9 Å². The fourth-order valence-corrected chi connectivity index (χ4v) is 0.552. The number of carbonyl (C=O) groups excluding carboxylic acids is 2. The van der Waals surface area contributed by atoms with Crippen LogP contribution < -0.4 is 0 Å². The van der Waals surface area contributed by atoms with Crippen LogP contribution in [0.1, 0.15) is 12.8 Å². The van der Waals surface area contributed by atoms with Crippen molar-refractivity contribution in [2.45, 2.75) is 12.8 Å². The fourth-order valence-electron chi connectivity index (χ4n) is 0.552. The van der Waals surface area contributed by atoms with Crippen LogP contribution in [-0.4, -0.2) is 11.9 Å². The van der Waals surface area contributed by atoms with Crippen molar-refractivity contribution in [2.24, 2.45) is 0 Å². The Morgan fingerprint density at radius 1 is 0.933 bits per heavy atom. The standard InChI is InChI=1S/C8H6F4O3/c9-3-5(11)1-7(13)15-8(14)2-6(12)4-10/h3-4H,1-2H2. The highest BCUT2D eigenvalue weighted by atomic mass is 19.2. The average molecular weight is 226 g/mol. The molecule has 0 heterocycles. The molecule has 0 fully saturated rings. The first-order chi connectivity index (χ1) is 6.99. The molecule has 0 bridgehead atoms. The summed E-state index contributed by atoms with van der Waals surface area (Å²) in [6.07, 6.45) is -3.12. The Hall–Kier alpha value is -1.66. The van der Waals surface area contributed by atoms with Crippen molar-refractivity contribution in [1.29, 1.82) is 0 Å². The number of ether oxygens (including phenoxy) is 1. The lowest BCUT2D eigenvalue weighted by Crippen LogP contribution is -2.12. The van der Waals surface area contributed by atoms with E-state index in [-0.39, 0.29) is 0 Å². The highest BCUT2D eigenvalue weighted by Gasteiger charge is 2.14. The summed E-state index contributed by atoms with van der Waals surface area (Å²) in [7, 11) is 0. The van der Waals surface area contributed by atoms with Crippen molar-refractivity contribution in [2.75, 3.05) is 0 Å². The van der Waals surface area contributed by atoms with Crippen LogP contribution in [0.5, 0.6) is 0 Å². The molecule has 7 heteroatoms. The van der Waals surface area contributed by atoms with Gasteiger partial charge in [-0.25, -0.2) is 17.6 Å². The lowest BCUT2D eigenvalue weighted by Gasteiger charge is -1.99. The molecule has 0 aromatic heterocycles. The van der Waals surface area contributed by atoms with Gasteiger partial charge in [0.15, 0.2) is 0 Å². The molecule has 0 aliphatic rings. The van der Waals surface area contributed by atoms with E-state index in [1.807, 2.05) is 0 Å². The van der Waals surface area contributed by atoms with E-state index in [0.29, 0.717) is 0 Å². The van der Waals surface area contributed by atoms with Crippen LogP contribution in [0.2, 0.25) is 0 Å². The Kier molecular flexibility index (Phi) is 6.00. The van der Waals surface area contributed by atoms with Crippen molar-refractivity contribution in [3.05, 3.63) is 24.3 Å². The Balaban J connectivity index is 4.03. The zero-order chi connectivity index (χ0) is 11.8. The lowest BCUT2D eigenvalue weighted by molar-refractivity contribution is -0.158. The summed E-state index contributed by atoms with van der Waals surface area (Å²) in [6.45, 7) is 0. The molecular formula is C8H6F4O3. The molecule has 0 spiro atoms. The van der Waals surface area contributed by atoms with Gasteiger partial charge in [-0.1, -0.05) is 0 Å². The Morgan fingerprint density at radius 3 is 1.53 bits per heavy atom. The van der Waals surface area contributed by atoms with Crippen molar-refractivity contribution in [1.82, 2.24) is 0 Å². The Bertz CT molecular complexity index is 279. The Morgan fingerprint density at radius 2 is 1.27 bits per heavy atom. The van der Waals surface area contributed by atoms with E-state index in [0.717, 1.165) is 0 Å². The van der Waals surface area contributed by atoms with Crippen LogP contribution in [0.15, 0.2) is 24.3 Å². The molecule has 0 amide bonds. The highest BCUT2D eigenvalue weighted by Crippen LogP contribution is 2.08. The van der Waals surface area contributed by atoms with Crippen LogP contribution in [0.4, 0.5) is 17.6 Å². The summed E-state index contributed by atoms with van der Waals surface area (Å²) in [6, 6.07) is 0. The summed E-state index contributed by atoms with van der Waals surface area (Å²) in [4.78, 5) is 21.1. The molecule has 0 aromatic carbocycles. The molecule has 0 aliphatic heterocycles. The van der Waals surface area contributed by atoms with Gasteiger partial charge >= 0.3 is 11.9 Å². The van der Waals surface area contributed by atoms with Crippen molar-refractivity contribution < 1.29 is 31.9 Å². The third-order valence-corrected chi connectivity index (χ3v) is 1.09. The second-order valence-electron chi connectivity index (χ2n) is 2.31. The quantitative estimate of drug-likeness (QED) is 0.420. The van der Waals surface area contributed by atoms with Crippen LogP contribution in [0.25, 0.3) is 0 Å². The third kappa shape index (κ3) is 6.42. The van der Waals surface area contributed by atoms with E-state index in [9.17, 15) is 27.2 Å². The second-order valence-corrected chi connectivity index (χ2v) is 2.31. The molecule has 0 N–H and O–H groups in total. The smallest absolute Gasteiger partial charge is 0.320 e. The molecule has 0 saturated heterocycles. The van der Waals surface area contributed by atoms with Gasteiger partial charge in [0.05, 0.1) is 0 Å². The summed E-state index contributed by atoms with van der Waals surface area (Å²) < 4.78 is 50.8. The number of hydrogen-bond acceptors (Lipinski definition) is 3. The van der Waals surface area contributed by atoms with E-state index >= 15 is 0 Å². The predicted octanol–water partition coefficient (Wildman–Crippen LogP) is 2.40. The van der Waals surface area contributed by atoms with E-state index in [2.05, 4.69) is 4.74 Å². The monoisotopic (exact) mass is 226 g/mol. The molecule has 0 aromatic rings. The molecule has 3 nitrogen and oxygen atoms in total. The minimum absolute atomic E-state index is 0.478. The summed E-state index contributed by atoms with van der Waals surface area (Å²) >= 11 is 0. The molecule has 0 rings (SSSR count).